The number of aryl methyl sites for hydroxylation is 1. The van der Waals surface area contributed by atoms with Crippen molar-refractivity contribution in [1.82, 2.24) is 5.32 Å². The molecule has 1 amide bonds. The molecule has 1 saturated carbocycles. The molecule has 2 unspecified atom stereocenters. The highest BCUT2D eigenvalue weighted by Gasteiger charge is 2.32. The predicted molar refractivity (Wildman–Crippen MR) is 79.7 cm³/mol. The van der Waals surface area contributed by atoms with E-state index >= 15 is 0 Å². The van der Waals surface area contributed by atoms with Gasteiger partial charge < -0.3 is 10.4 Å². The average Bonchev–Trinajstić information content (AvgIpc) is 2.87. The Morgan fingerprint density at radius 3 is 2.85 bits per heavy atom. The van der Waals surface area contributed by atoms with Crippen molar-refractivity contribution in [2.45, 2.75) is 26.2 Å². The van der Waals surface area contributed by atoms with E-state index < -0.39 is 5.97 Å². The minimum absolute atomic E-state index is 0.0453. The van der Waals surface area contributed by atoms with Crippen LogP contribution < -0.4 is 5.32 Å². The molecule has 1 aromatic rings. The molecule has 1 aromatic carbocycles. The van der Waals surface area contributed by atoms with Crippen molar-refractivity contribution in [3.8, 4) is 0 Å². The van der Waals surface area contributed by atoms with Crippen molar-refractivity contribution in [3.63, 3.8) is 0 Å². The second-order valence-corrected chi connectivity index (χ2v) is 6.22. The summed E-state index contributed by atoms with van der Waals surface area (Å²) < 4.78 is 0.859. The first-order chi connectivity index (χ1) is 9.49. The van der Waals surface area contributed by atoms with Crippen molar-refractivity contribution in [1.29, 1.82) is 0 Å². The number of halogens is 1. The number of aliphatic carboxylic acids is 1. The number of hydrogen-bond donors (Lipinski definition) is 2. The summed E-state index contributed by atoms with van der Waals surface area (Å²) in [6.07, 6.45) is 2.51. The highest BCUT2D eigenvalue weighted by atomic mass is 79.9. The maximum Gasteiger partial charge on any atom is 0.306 e. The van der Waals surface area contributed by atoms with E-state index in [1.165, 1.54) is 0 Å². The summed E-state index contributed by atoms with van der Waals surface area (Å²) in [5, 5.41) is 12.0. The molecule has 5 heteroatoms. The van der Waals surface area contributed by atoms with E-state index in [0.29, 0.717) is 18.5 Å². The van der Waals surface area contributed by atoms with Gasteiger partial charge in [0.15, 0.2) is 0 Å². The molecule has 1 aliphatic carbocycles. The highest BCUT2D eigenvalue weighted by Crippen LogP contribution is 2.31. The molecular formula is C15H18BrNO3. The van der Waals surface area contributed by atoms with E-state index in [-0.39, 0.29) is 17.7 Å². The largest absolute Gasteiger partial charge is 0.481 e. The van der Waals surface area contributed by atoms with Crippen LogP contribution in [0.25, 0.3) is 0 Å². The summed E-state index contributed by atoms with van der Waals surface area (Å²) in [6, 6.07) is 5.56. The first kappa shape index (κ1) is 15.0. The fraction of sp³-hybridized carbons (Fsp3) is 0.467. The molecule has 1 aliphatic rings. The average molecular weight is 340 g/mol. The van der Waals surface area contributed by atoms with Gasteiger partial charge in [0.25, 0.3) is 5.91 Å². The van der Waals surface area contributed by atoms with Crippen molar-refractivity contribution in [3.05, 3.63) is 33.8 Å². The van der Waals surface area contributed by atoms with Crippen LogP contribution in [0.3, 0.4) is 0 Å². The summed E-state index contributed by atoms with van der Waals surface area (Å²) in [5.41, 5.74) is 1.54. The second kappa shape index (κ2) is 6.39. The Hall–Kier alpha value is -1.36. The standard InChI is InChI=1S/C15H18BrNO3/c1-9-5-6-11(16)7-13(9)14(18)17-8-10-3-2-4-12(10)15(19)20/h5-7,10,12H,2-4,8H2,1H3,(H,17,18)(H,19,20). The second-order valence-electron chi connectivity index (χ2n) is 5.30. The lowest BCUT2D eigenvalue weighted by Gasteiger charge is -2.16. The highest BCUT2D eigenvalue weighted by molar-refractivity contribution is 9.10. The molecule has 0 spiro atoms. The van der Waals surface area contributed by atoms with Gasteiger partial charge in [-0.1, -0.05) is 28.4 Å². The zero-order chi connectivity index (χ0) is 14.7. The third kappa shape index (κ3) is 3.39. The fourth-order valence-electron chi connectivity index (χ4n) is 2.76. The summed E-state index contributed by atoms with van der Waals surface area (Å²) in [7, 11) is 0. The molecule has 0 saturated heterocycles. The Morgan fingerprint density at radius 1 is 1.40 bits per heavy atom. The van der Waals surface area contributed by atoms with E-state index in [4.69, 9.17) is 5.11 Å². The third-order valence-corrected chi connectivity index (χ3v) is 4.44. The zero-order valence-corrected chi connectivity index (χ0v) is 12.9. The minimum atomic E-state index is -0.750. The van der Waals surface area contributed by atoms with Crippen LogP contribution in [0.5, 0.6) is 0 Å². The van der Waals surface area contributed by atoms with Gasteiger partial charge in [-0.25, -0.2) is 0 Å². The number of nitrogens with one attached hydrogen (secondary N) is 1. The number of carbonyl (C=O) groups is 2. The first-order valence-corrected chi connectivity index (χ1v) is 7.55. The van der Waals surface area contributed by atoms with Gasteiger partial charge >= 0.3 is 5.97 Å². The quantitative estimate of drug-likeness (QED) is 0.886. The van der Waals surface area contributed by atoms with Crippen LogP contribution in [0.1, 0.15) is 35.2 Å². The van der Waals surface area contributed by atoms with Gasteiger partial charge in [-0.3, -0.25) is 9.59 Å². The maximum absolute atomic E-state index is 12.2. The molecule has 0 bridgehead atoms. The third-order valence-electron chi connectivity index (χ3n) is 3.95. The molecule has 20 heavy (non-hydrogen) atoms. The molecule has 0 heterocycles. The van der Waals surface area contributed by atoms with Gasteiger partial charge in [0, 0.05) is 16.6 Å². The maximum atomic E-state index is 12.2. The molecule has 108 valence electrons. The minimum Gasteiger partial charge on any atom is -0.481 e. The summed E-state index contributed by atoms with van der Waals surface area (Å²) in [5.74, 6) is -1.16. The Balaban J connectivity index is 1.98. The molecule has 0 aliphatic heterocycles. The predicted octanol–water partition coefficient (Wildman–Crippen LogP) is 2.99. The summed E-state index contributed by atoms with van der Waals surface area (Å²) in [4.78, 5) is 23.3. The van der Waals surface area contributed by atoms with Crippen LogP contribution in [-0.2, 0) is 4.79 Å². The number of carboxylic acid groups (broad SMARTS) is 1. The number of amides is 1. The van der Waals surface area contributed by atoms with Crippen molar-refractivity contribution < 1.29 is 14.7 Å². The van der Waals surface area contributed by atoms with Crippen molar-refractivity contribution in [2.24, 2.45) is 11.8 Å². The Labute approximate surface area is 126 Å². The monoisotopic (exact) mass is 339 g/mol. The smallest absolute Gasteiger partial charge is 0.306 e. The van der Waals surface area contributed by atoms with E-state index in [9.17, 15) is 9.59 Å². The number of rotatable bonds is 4. The van der Waals surface area contributed by atoms with Gasteiger partial charge in [-0.05, 0) is 43.4 Å². The lowest BCUT2D eigenvalue weighted by molar-refractivity contribution is -0.142. The molecule has 2 atom stereocenters. The molecule has 2 rings (SSSR count). The van der Waals surface area contributed by atoms with Crippen LogP contribution in [0.4, 0.5) is 0 Å². The van der Waals surface area contributed by atoms with E-state index in [1.54, 1.807) is 6.07 Å². The Kier molecular flexibility index (Phi) is 4.81. The number of hydrogen-bond acceptors (Lipinski definition) is 2. The Morgan fingerprint density at radius 2 is 2.15 bits per heavy atom. The molecule has 1 fully saturated rings. The van der Waals surface area contributed by atoms with Gasteiger partial charge in [0.1, 0.15) is 0 Å². The Bertz CT molecular complexity index is 530. The van der Waals surface area contributed by atoms with Gasteiger partial charge in [0.2, 0.25) is 0 Å². The summed E-state index contributed by atoms with van der Waals surface area (Å²) in [6.45, 7) is 2.32. The van der Waals surface area contributed by atoms with Gasteiger partial charge in [0.05, 0.1) is 5.92 Å². The lowest BCUT2D eigenvalue weighted by Crippen LogP contribution is -2.33. The van der Waals surface area contributed by atoms with Crippen LogP contribution >= 0.6 is 15.9 Å². The van der Waals surface area contributed by atoms with E-state index in [1.807, 2.05) is 19.1 Å². The van der Waals surface area contributed by atoms with Crippen LogP contribution in [0, 0.1) is 18.8 Å². The molecule has 0 aromatic heterocycles. The topological polar surface area (TPSA) is 66.4 Å². The van der Waals surface area contributed by atoms with Crippen LogP contribution in [0.2, 0.25) is 0 Å². The van der Waals surface area contributed by atoms with Gasteiger partial charge in [-0.15, -0.1) is 0 Å². The van der Waals surface area contributed by atoms with Crippen molar-refractivity contribution >= 4 is 27.8 Å². The number of carboxylic acids is 1. The molecule has 2 N–H and O–H groups in total. The molecule has 0 radical (unpaired) electrons. The molecule has 4 nitrogen and oxygen atoms in total. The van der Waals surface area contributed by atoms with E-state index in [2.05, 4.69) is 21.2 Å². The zero-order valence-electron chi connectivity index (χ0n) is 11.4. The molecular weight excluding hydrogens is 322 g/mol. The lowest BCUT2D eigenvalue weighted by atomic mass is 9.96. The fourth-order valence-corrected chi connectivity index (χ4v) is 3.13. The van der Waals surface area contributed by atoms with E-state index in [0.717, 1.165) is 22.9 Å². The van der Waals surface area contributed by atoms with Crippen LogP contribution in [-0.4, -0.2) is 23.5 Å². The number of benzene rings is 1. The van der Waals surface area contributed by atoms with Crippen molar-refractivity contribution in [2.75, 3.05) is 6.54 Å². The number of carbonyl (C=O) groups excluding carboxylic acids is 1. The van der Waals surface area contributed by atoms with Gasteiger partial charge in [-0.2, -0.15) is 0 Å². The summed E-state index contributed by atoms with van der Waals surface area (Å²) >= 11 is 3.35. The normalized spacial score (nSPS) is 21.7. The first-order valence-electron chi connectivity index (χ1n) is 6.76. The SMILES string of the molecule is Cc1ccc(Br)cc1C(=O)NCC1CCCC1C(=O)O. The van der Waals surface area contributed by atoms with Crippen LogP contribution in [0.15, 0.2) is 22.7 Å².